The predicted octanol–water partition coefficient (Wildman–Crippen LogP) is 2.40. The molecule has 2 rings (SSSR count). The summed E-state index contributed by atoms with van der Waals surface area (Å²) < 4.78 is 5.61. The maximum atomic E-state index is 12.0. The second-order valence-electron chi connectivity index (χ2n) is 5.61. The second kappa shape index (κ2) is 6.75. The minimum Gasteiger partial charge on any atom is -0.491 e. The summed E-state index contributed by atoms with van der Waals surface area (Å²) in [5.74, 6) is 0.956. The molecule has 1 amide bonds. The summed E-state index contributed by atoms with van der Waals surface area (Å²) in [6, 6.07) is 7.89. The standard InChI is InChI=1S/C16H24N2O2/c1-11(2)20-14-8-6-13(7-9-14)12(3)18-16(19)15-5-4-10-17-15/h6-9,11-12,15,17H,4-5,10H2,1-3H3,(H,18,19). The van der Waals surface area contributed by atoms with Gasteiger partial charge < -0.3 is 15.4 Å². The lowest BCUT2D eigenvalue weighted by Gasteiger charge is -2.18. The Morgan fingerprint density at radius 3 is 2.55 bits per heavy atom. The molecule has 1 fully saturated rings. The Bertz CT molecular complexity index is 436. The molecule has 1 aromatic rings. The van der Waals surface area contributed by atoms with Crippen molar-refractivity contribution in [2.75, 3.05) is 6.54 Å². The number of carbonyl (C=O) groups excluding carboxylic acids is 1. The highest BCUT2D eigenvalue weighted by Gasteiger charge is 2.23. The van der Waals surface area contributed by atoms with E-state index in [1.165, 1.54) is 0 Å². The van der Waals surface area contributed by atoms with Crippen molar-refractivity contribution in [1.82, 2.24) is 10.6 Å². The Hall–Kier alpha value is -1.55. The first kappa shape index (κ1) is 14.9. The summed E-state index contributed by atoms with van der Waals surface area (Å²) in [6.07, 6.45) is 2.18. The van der Waals surface area contributed by atoms with Gasteiger partial charge in [-0.1, -0.05) is 12.1 Å². The zero-order chi connectivity index (χ0) is 14.5. The van der Waals surface area contributed by atoms with Gasteiger partial charge in [0, 0.05) is 0 Å². The number of carbonyl (C=O) groups is 1. The first-order valence-corrected chi connectivity index (χ1v) is 7.36. The number of rotatable bonds is 5. The zero-order valence-electron chi connectivity index (χ0n) is 12.5. The summed E-state index contributed by atoms with van der Waals surface area (Å²) in [6.45, 7) is 6.95. The highest BCUT2D eigenvalue weighted by atomic mass is 16.5. The molecule has 0 radical (unpaired) electrons. The van der Waals surface area contributed by atoms with Gasteiger partial charge in [-0.3, -0.25) is 4.79 Å². The molecule has 2 atom stereocenters. The number of nitrogens with one attached hydrogen (secondary N) is 2. The van der Waals surface area contributed by atoms with Gasteiger partial charge in [0.2, 0.25) is 5.91 Å². The SMILES string of the molecule is CC(C)Oc1ccc(C(C)NC(=O)C2CCCN2)cc1. The van der Waals surface area contributed by atoms with Gasteiger partial charge >= 0.3 is 0 Å². The first-order valence-electron chi connectivity index (χ1n) is 7.36. The molecule has 20 heavy (non-hydrogen) atoms. The van der Waals surface area contributed by atoms with Gasteiger partial charge in [-0.15, -0.1) is 0 Å². The van der Waals surface area contributed by atoms with Crippen LogP contribution in [0.15, 0.2) is 24.3 Å². The van der Waals surface area contributed by atoms with Crippen LogP contribution in [0.4, 0.5) is 0 Å². The quantitative estimate of drug-likeness (QED) is 0.868. The molecule has 4 heteroatoms. The fourth-order valence-electron chi connectivity index (χ4n) is 2.41. The topological polar surface area (TPSA) is 50.4 Å². The van der Waals surface area contributed by atoms with Crippen LogP contribution in [0.5, 0.6) is 5.75 Å². The summed E-state index contributed by atoms with van der Waals surface area (Å²) in [7, 11) is 0. The molecule has 2 N–H and O–H groups in total. The molecule has 2 unspecified atom stereocenters. The molecular weight excluding hydrogens is 252 g/mol. The molecule has 1 saturated heterocycles. The van der Waals surface area contributed by atoms with Crippen molar-refractivity contribution in [1.29, 1.82) is 0 Å². The van der Waals surface area contributed by atoms with E-state index in [1.807, 2.05) is 45.0 Å². The zero-order valence-corrected chi connectivity index (χ0v) is 12.5. The minimum absolute atomic E-state index is 0.0120. The molecule has 4 nitrogen and oxygen atoms in total. The number of hydrogen-bond donors (Lipinski definition) is 2. The number of benzene rings is 1. The van der Waals surface area contributed by atoms with Crippen LogP contribution in [0.1, 0.15) is 45.2 Å². The van der Waals surface area contributed by atoms with E-state index in [1.54, 1.807) is 0 Å². The third-order valence-corrected chi connectivity index (χ3v) is 3.49. The minimum atomic E-state index is -0.0269. The highest BCUT2D eigenvalue weighted by molar-refractivity contribution is 5.82. The van der Waals surface area contributed by atoms with Crippen molar-refractivity contribution in [2.45, 2.75) is 51.8 Å². The van der Waals surface area contributed by atoms with E-state index >= 15 is 0 Å². The molecule has 0 aliphatic carbocycles. The van der Waals surface area contributed by atoms with E-state index in [-0.39, 0.29) is 24.1 Å². The Balaban J connectivity index is 1.91. The Morgan fingerprint density at radius 2 is 2.00 bits per heavy atom. The Kier molecular flexibility index (Phi) is 5.01. The maximum Gasteiger partial charge on any atom is 0.237 e. The lowest BCUT2D eigenvalue weighted by Crippen LogP contribution is -2.41. The van der Waals surface area contributed by atoms with Crippen molar-refractivity contribution >= 4 is 5.91 Å². The molecule has 0 bridgehead atoms. The number of ether oxygens (including phenoxy) is 1. The number of amides is 1. The molecule has 110 valence electrons. The van der Waals surface area contributed by atoms with Crippen LogP contribution in [0.3, 0.4) is 0 Å². The molecule has 1 aliphatic heterocycles. The predicted molar refractivity (Wildman–Crippen MR) is 79.8 cm³/mol. The van der Waals surface area contributed by atoms with Crippen molar-refractivity contribution in [3.8, 4) is 5.75 Å². The monoisotopic (exact) mass is 276 g/mol. The van der Waals surface area contributed by atoms with Crippen molar-refractivity contribution < 1.29 is 9.53 Å². The Labute approximate surface area is 120 Å². The van der Waals surface area contributed by atoms with E-state index in [0.29, 0.717) is 0 Å². The lowest BCUT2D eigenvalue weighted by atomic mass is 10.1. The normalized spacial score (nSPS) is 19.9. The van der Waals surface area contributed by atoms with Crippen molar-refractivity contribution in [3.63, 3.8) is 0 Å². The molecule has 0 saturated carbocycles. The number of hydrogen-bond acceptors (Lipinski definition) is 3. The van der Waals surface area contributed by atoms with E-state index in [2.05, 4.69) is 10.6 Å². The van der Waals surface area contributed by atoms with Gasteiger partial charge in [-0.2, -0.15) is 0 Å². The van der Waals surface area contributed by atoms with Crippen molar-refractivity contribution in [3.05, 3.63) is 29.8 Å². The summed E-state index contributed by atoms with van der Waals surface area (Å²) in [5.41, 5.74) is 1.09. The molecular formula is C16H24N2O2. The fourth-order valence-corrected chi connectivity index (χ4v) is 2.41. The molecule has 0 spiro atoms. The van der Waals surface area contributed by atoms with Crippen LogP contribution in [0.2, 0.25) is 0 Å². The van der Waals surface area contributed by atoms with Crippen LogP contribution in [0, 0.1) is 0 Å². The smallest absolute Gasteiger partial charge is 0.237 e. The summed E-state index contributed by atoms with van der Waals surface area (Å²) >= 11 is 0. The van der Waals surface area contributed by atoms with Gasteiger partial charge in [0.05, 0.1) is 18.2 Å². The van der Waals surface area contributed by atoms with Crippen molar-refractivity contribution in [2.24, 2.45) is 0 Å². The van der Waals surface area contributed by atoms with E-state index in [9.17, 15) is 4.79 Å². The van der Waals surface area contributed by atoms with E-state index in [0.717, 1.165) is 30.7 Å². The van der Waals surface area contributed by atoms with Crippen LogP contribution in [-0.4, -0.2) is 24.6 Å². The summed E-state index contributed by atoms with van der Waals surface area (Å²) in [4.78, 5) is 12.0. The average Bonchev–Trinajstić information content (AvgIpc) is 2.92. The molecule has 1 aromatic carbocycles. The van der Waals surface area contributed by atoms with Gasteiger partial charge in [-0.25, -0.2) is 0 Å². The van der Waals surface area contributed by atoms with E-state index in [4.69, 9.17) is 4.74 Å². The summed E-state index contributed by atoms with van der Waals surface area (Å²) in [5, 5.41) is 6.27. The second-order valence-corrected chi connectivity index (χ2v) is 5.61. The Morgan fingerprint density at radius 1 is 1.30 bits per heavy atom. The van der Waals surface area contributed by atoms with Crippen LogP contribution in [0.25, 0.3) is 0 Å². The van der Waals surface area contributed by atoms with Crippen LogP contribution < -0.4 is 15.4 Å². The third kappa shape index (κ3) is 3.97. The molecule has 1 heterocycles. The largest absolute Gasteiger partial charge is 0.491 e. The van der Waals surface area contributed by atoms with Gasteiger partial charge in [0.15, 0.2) is 0 Å². The maximum absolute atomic E-state index is 12.0. The van der Waals surface area contributed by atoms with Gasteiger partial charge in [-0.05, 0) is 57.9 Å². The fraction of sp³-hybridized carbons (Fsp3) is 0.562. The van der Waals surface area contributed by atoms with Gasteiger partial charge in [0.25, 0.3) is 0 Å². The molecule has 1 aliphatic rings. The lowest BCUT2D eigenvalue weighted by molar-refractivity contribution is -0.123. The average molecular weight is 276 g/mol. The highest BCUT2D eigenvalue weighted by Crippen LogP contribution is 2.19. The van der Waals surface area contributed by atoms with Gasteiger partial charge in [0.1, 0.15) is 5.75 Å². The van der Waals surface area contributed by atoms with E-state index < -0.39 is 0 Å². The van der Waals surface area contributed by atoms with Crippen LogP contribution in [-0.2, 0) is 4.79 Å². The van der Waals surface area contributed by atoms with Crippen LogP contribution >= 0.6 is 0 Å². The molecule has 0 aromatic heterocycles. The third-order valence-electron chi connectivity index (χ3n) is 3.49. The first-order chi connectivity index (χ1) is 9.56.